The lowest BCUT2D eigenvalue weighted by molar-refractivity contribution is -0.143. The molecule has 2 aliphatic rings. The first-order chi connectivity index (χ1) is 12.2. The first-order valence-electron chi connectivity index (χ1n) is 8.79. The topological polar surface area (TPSA) is 83.9 Å². The van der Waals surface area contributed by atoms with Gasteiger partial charge in [-0.05, 0) is 49.4 Å². The average molecular weight is 385 g/mol. The van der Waals surface area contributed by atoms with E-state index in [0.717, 1.165) is 0 Å². The van der Waals surface area contributed by atoms with Crippen molar-refractivity contribution in [3.05, 3.63) is 35.1 Å². The minimum Gasteiger partial charge on any atom is -0.480 e. The van der Waals surface area contributed by atoms with Crippen LogP contribution in [0.25, 0.3) is 0 Å². The highest BCUT2D eigenvalue weighted by Gasteiger charge is 2.41. The number of carbonyl (C=O) groups is 1. The lowest BCUT2D eigenvalue weighted by atomic mass is 9.92. The Kier molecular flexibility index (Phi) is 5.37. The van der Waals surface area contributed by atoms with Gasteiger partial charge in [0.1, 0.15) is 11.9 Å². The minimum absolute atomic E-state index is 0.117. The molecule has 8 heteroatoms. The summed E-state index contributed by atoms with van der Waals surface area (Å²) in [5, 5.41) is 9.78. The Morgan fingerprint density at radius 3 is 2.58 bits per heavy atom. The van der Waals surface area contributed by atoms with Crippen LogP contribution in [0.1, 0.15) is 36.4 Å². The van der Waals surface area contributed by atoms with Crippen LogP contribution in [0.15, 0.2) is 18.2 Å². The summed E-state index contributed by atoms with van der Waals surface area (Å²) < 4.78 is 42.8. The third-order valence-corrected chi connectivity index (χ3v) is 7.16. The van der Waals surface area contributed by atoms with Gasteiger partial charge in [-0.3, -0.25) is 9.69 Å². The van der Waals surface area contributed by atoms with Gasteiger partial charge in [0.05, 0.1) is 23.7 Å². The fourth-order valence-electron chi connectivity index (χ4n) is 3.91. The molecule has 0 radical (unpaired) electrons. The van der Waals surface area contributed by atoms with E-state index in [1.54, 1.807) is 6.92 Å². The second-order valence-electron chi connectivity index (χ2n) is 7.21. The number of benzene rings is 1. The summed E-state index contributed by atoms with van der Waals surface area (Å²) in [7, 11) is -2.99. The van der Waals surface area contributed by atoms with Crippen LogP contribution in [-0.2, 0) is 19.4 Å². The van der Waals surface area contributed by atoms with Gasteiger partial charge < -0.3 is 9.84 Å². The maximum atomic E-state index is 13.4. The Hall–Kier alpha value is -1.51. The molecular weight excluding hydrogens is 361 g/mol. The summed E-state index contributed by atoms with van der Waals surface area (Å²) in [4.78, 5) is 13.8. The second kappa shape index (κ2) is 7.25. The van der Waals surface area contributed by atoms with E-state index in [9.17, 15) is 22.7 Å². The van der Waals surface area contributed by atoms with Crippen LogP contribution in [0, 0.1) is 12.7 Å². The zero-order valence-corrected chi connectivity index (χ0v) is 15.6. The van der Waals surface area contributed by atoms with Gasteiger partial charge in [0.15, 0.2) is 9.84 Å². The fourth-order valence-corrected chi connectivity index (χ4v) is 5.48. The van der Waals surface area contributed by atoms with Gasteiger partial charge in [0.25, 0.3) is 0 Å². The molecule has 1 N–H and O–H groups in total. The quantitative estimate of drug-likeness (QED) is 0.856. The first kappa shape index (κ1) is 19.3. The Bertz CT molecular complexity index is 781. The molecule has 3 rings (SSSR count). The monoisotopic (exact) mass is 385 g/mol. The number of carboxylic acid groups (broad SMARTS) is 1. The van der Waals surface area contributed by atoms with Crippen molar-refractivity contribution in [2.75, 3.05) is 31.2 Å². The highest BCUT2D eigenvalue weighted by atomic mass is 32.2. The predicted octanol–water partition coefficient (Wildman–Crippen LogP) is 1.93. The molecule has 2 saturated heterocycles. The number of rotatable bonds is 3. The fraction of sp³-hybridized carbons (Fsp3) is 0.611. The van der Waals surface area contributed by atoms with Crippen molar-refractivity contribution in [2.45, 2.75) is 37.8 Å². The van der Waals surface area contributed by atoms with E-state index in [4.69, 9.17) is 4.74 Å². The molecule has 6 nitrogen and oxygen atoms in total. The third kappa shape index (κ3) is 4.07. The lowest BCUT2D eigenvalue weighted by Gasteiger charge is -2.36. The molecule has 1 spiro atoms. The standard InChI is InChI=1S/C18H24FNO5S/c1-13-12-14(19)2-3-15(13)16(17(21)22)20-7-4-18(25-9-8-20)5-10-26(23,24)11-6-18/h2-3,12,16H,4-11H2,1H3,(H,21,22). The normalized spacial score (nSPS) is 24.1. The molecule has 2 heterocycles. The van der Waals surface area contributed by atoms with Gasteiger partial charge in [-0.2, -0.15) is 0 Å². The molecule has 1 atom stereocenters. The summed E-state index contributed by atoms with van der Waals surface area (Å²) >= 11 is 0. The largest absolute Gasteiger partial charge is 0.480 e. The van der Waals surface area contributed by atoms with Crippen molar-refractivity contribution < 1.29 is 27.4 Å². The van der Waals surface area contributed by atoms with E-state index in [1.807, 2.05) is 4.90 Å². The molecule has 0 bridgehead atoms. The maximum Gasteiger partial charge on any atom is 0.325 e. The Morgan fingerprint density at radius 2 is 1.96 bits per heavy atom. The molecule has 2 fully saturated rings. The third-order valence-electron chi connectivity index (χ3n) is 5.50. The second-order valence-corrected chi connectivity index (χ2v) is 9.51. The van der Waals surface area contributed by atoms with Gasteiger partial charge in [0.2, 0.25) is 0 Å². The van der Waals surface area contributed by atoms with Crippen LogP contribution in [0.3, 0.4) is 0 Å². The van der Waals surface area contributed by atoms with Crippen LogP contribution in [-0.4, -0.2) is 61.2 Å². The molecule has 0 amide bonds. The molecule has 0 saturated carbocycles. The van der Waals surface area contributed by atoms with Crippen LogP contribution in [0.5, 0.6) is 0 Å². The predicted molar refractivity (Wildman–Crippen MR) is 94.3 cm³/mol. The zero-order chi connectivity index (χ0) is 18.9. The smallest absolute Gasteiger partial charge is 0.325 e. The van der Waals surface area contributed by atoms with Crippen molar-refractivity contribution in [2.24, 2.45) is 0 Å². The van der Waals surface area contributed by atoms with Crippen LogP contribution < -0.4 is 0 Å². The summed E-state index contributed by atoms with van der Waals surface area (Å²) in [5.41, 5.74) is 0.683. The van der Waals surface area contributed by atoms with E-state index >= 15 is 0 Å². The van der Waals surface area contributed by atoms with E-state index in [0.29, 0.717) is 50.1 Å². The number of aliphatic carboxylic acids is 1. The molecule has 1 aromatic carbocycles. The molecule has 144 valence electrons. The zero-order valence-electron chi connectivity index (χ0n) is 14.8. The van der Waals surface area contributed by atoms with E-state index < -0.39 is 33.3 Å². The van der Waals surface area contributed by atoms with E-state index in [-0.39, 0.29) is 11.5 Å². The van der Waals surface area contributed by atoms with Gasteiger partial charge >= 0.3 is 5.97 Å². The Morgan fingerprint density at radius 1 is 1.27 bits per heavy atom. The van der Waals surface area contributed by atoms with Gasteiger partial charge in [0, 0.05) is 13.1 Å². The molecule has 0 aromatic heterocycles. The SMILES string of the molecule is Cc1cc(F)ccc1C(C(=O)O)N1CCOC2(CC1)CCS(=O)(=O)CC2. The van der Waals surface area contributed by atoms with Gasteiger partial charge in [-0.15, -0.1) is 0 Å². The number of sulfone groups is 1. The van der Waals surface area contributed by atoms with Crippen LogP contribution >= 0.6 is 0 Å². The number of hydrogen-bond acceptors (Lipinski definition) is 5. The van der Waals surface area contributed by atoms with Crippen molar-refractivity contribution in [3.63, 3.8) is 0 Å². The molecule has 26 heavy (non-hydrogen) atoms. The van der Waals surface area contributed by atoms with Crippen LogP contribution in [0.4, 0.5) is 4.39 Å². The number of carboxylic acids is 1. The molecule has 2 aliphatic heterocycles. The van der Waals surface area contributed by atoms with E-state index in [1.165, 1.54) is 18.2 Å². The van der Waals surface area contributed by atoms with E-state index in [2.05, 4.69) is 0 Å². The highest BCUT2D eigenvalue weighted by Crippen LogP contribution is 2.35. The first-order valence-corrected chi connectivity index (χ1v) is 10.6. The molecule has 0 aliphatic carbocycles. The number of aryl methyl sites for hydroxylation is 1. The maximum absolute atomic E-state index is 13.4. The van der Waals surface area contributed by atoms with Crippen molar-refractivity contribution in [1.82, 2.24) is 4.90 Å². The summed E-state index contributed by atoms with van der Waals surface area (Å²) in [6.45, 7) is 2.98. The minimum atomic E-state index is -2.99. The number of hydrogen-bond donors (Lipinski definition) is 1. The van der Waals surface area contributed by atoms with Gasteiger partial charge in [-0.25, -0.2) is 12.8 Å². The van der Waals surface area contributed by atoms with Crippen molar-refractivity contribution in [1.29, 1.82) is 0 Å². The number of ether oxygens (including phenoxy) is 1. The number of halogens is 1. The summed E-state index contributed by atoms with van der Waals surface area (Å²) in [6, 6.07) is 3.27. The molecular formula is C18H24FNO5S. The summed E-state index contributed by atoms with van der Waals surface area (Å²) in [6.07, 6.45) is 1.50. The van der Waals surface area contributed by atoms with Crippen LogP contribution in [0.2, 0.25) is 0 Å². The molecule has 1 unspecified atom stereocenters. The van der Waals surface area contributed by atoms with Crippen molar-refractivity contribution >= 4 is 15.8 Å². The Labute approximate surface area is 152 Å². The highest BCUT2D eigenvalue weighted by molar-refractivity contribution is 7.91. The number of nitrogens with zero attached hydrogens (tertiary/aromatic N) is 1. The average Bonchev–Trinajstić information content (AvgIpc) is 2.76. The summed E-state index contributed by atoms with van der Waals surface area (Å²) in [5.74, 6) is -1.14. The molecule has 1 aromatic rings. The van der Waals surface area contributed by atoms with Gasteiger partial charge in [-0.1, -0.05) is 6.07 Å². The Balaban J connectivity index is 1.79. The lowest BCUT2D eigenvalue weighted by Crippen LogP contribution is -2.42. The van der Waals surface area contributed by atoms with Crippen molar-refractivity contribution in [3.8, 4) is 0 Å².